The van der Waals surface area contributed by atoms with E-state index >= 15 is 0 Å². The first-order chi connectivity index (χ1) is 13.5. The van der Waals surface area contributed by atoms with Gasteiger partial charge in [0.15, 0.2) is 0 Å². The van der Waals surface area contributed by atoms with Gasteiger partial charge in [-0.1, -0.05) is 29.4 Å². The molecule has 0 unspecified atom stereocenters. The fraction of sp³-hybridized carbons (Fsp3) is 0.0952. The van der Waals surface area contributed by atoms with Crippen LogP contribution in [0.5, 0.6) is 0 Å². The van der Waals surface area contributed by atoms with Gasteiger partial charge in [-0.3, -0.25) is 4.79 Å². The van der Waals surface area contributed by atoms with Gasteiger partial charge in [-0.25, -0.2) is 4.98 Å². The first kappa shape index (κ1) is 17.5. The Morgan fingerprint density at radius 1 is 1.04 bits per heavy atom. The van der Waals surface area contributed by atoms with E-state index in [-0.39, 0.29) is 11.4 Å². The van der Waals surface area contributed by atoms with Gasteiger partial charge in [0.05, 0.1) is 11.2 Å². The third-order valence-corrected chi connectivity index (χ3v) is 4.43. The number of amides is 1. The lowest BCUT2D eigenvalue weighted by molar-refractivity contribution is 0.102. The van der Waals surface area contributed by atoms with E-state index in [1.54, 1.807) is 6.07 Å². The van der Waals surface area contributed by atoms with Crippen LogP contribution in [0, 0.1) is 0 Å². The highest BCUT2D eigenvalue weighted by atomic mass is 16.5. The van der Waals surface area contributed by atoms with Crippen molar-refractivity contribution >= 4 is 34.1 Å². The first-order valence-electron chi connectivity index (χ1n) is 8.73. The molecule has 0 aliphatic rings. The molecular weight excluding hydrogens is 354 g/mol. The molecule has 0 bridgehead atoms. The molecule has 4 aromatic rings. The zero-order valence-corrected chi connectivity index (χ0v) is 15.5. The van der Waals surface area contributed by atoms with Gasteiger partial charge in [-0.15, -0.1) is 0 Å². The minimum Gasteiger partial charge on any atom is -0.378 e. The molecule has 3 N–H and O–H groups in total. The normalized spacial score (nSPS) is 10.8. The molecule has 0 aliphatic carbocycles. The van der Waals surface area contributed by atoms with Crippen LogP contribution in [-0.4, -0.2) is 30.1 Å². The van der Waals surface area contributed by atoms with E-state index in [4.69, 9.17) is 10.3 Å². The van der Waals surface area contributed by atoms with E-state index in [1.807, 2.05) is 73.6 Å². The Balaban J connectivity index is 1.66. The summed E-state index contributed by atoms with van der Waals surface area (Å²) in [5.41, 5.74) is 9.36. The van der Waals surface area contributed by atoms with Crippen LogP contribution in [-0.2, 0) is 0 Å². The summed E-state index contributed by atoms with van der Waals surface area (Å²) in [4.78, 5) is 19.4. The molecule has 4 rings (SSSR count). The standard InChI is InChI=1S/C21H19N5O2/c1-26(2)15-10-8-14(9-11-15)23-21(27)18-19(25-28-20(18)22)17-12-7-13-5-3-4-6-16(13)24-17/h3-12H,22H2,1-2H3,(H,23,27). The van der Waals surface area contributed by atoms with E-state index in [1.165, 1.54) is 0 Å². The Morgan fingerprint density at radius 3 is 2.54 bits per heavy atom. The van der Waals surface area contributed by atoms with Gasteiger partial charge in [0.25, 0.3) is 5.91 Å². The molecule has 0 saturated heterocycles. The van der Waals surface area contributed by atoms with Crippen LogP contribution in [0.3, 0.4) is 0 Å². The van der Waals surface area contributed by atoms with Gasteiger partial charge in [0, 0.05) is 30.9 Å². The average Bonchev–Trinajstić information content (AvgIpc) is 3.09. The van der Waals surface area contributed by atoms with E-state index < -0.39 is 5.91 Å². The lowest BCUT2D eigenvalue weighted by Crippen LogP contribution is -2.14. The number of aromatic nitrogens is 2. The highest BCUT2D eigenvalue weighted by Crippen LogP contribution is 2.28. The third-order valence-electron chi connectivity index (χ3n) is 4.43. The topological polar surface area (TPSA) is 97.3 Å². The zero-order chi connectivity index (χ0) is 19.7. The number of nitrogens with two attached hydrogens (primary N) is 1. The Morgan fingerprint density at radius 2 is 1.79 bits per heavy atom. The number of nitrogens with one attached hydrogen (secondary N) is 1. The number of hydrogen-bond acceptors (Lipinski definition) is 6. The second-order valence-electron chi connectivity index (χ2n) is 6.56. The largest absolute Gasteiger partial charge is 0.378 e. The first-order valence-corrected chi connectivity index (χ1v) is 8.73. The van der Waals surface area contributed by atoms with Crippen LogP contribution in [0.15, 0.2) is 65.2 Å². The lowest BCUT2D eigenvalue weighted by atomic mass is 10.1. The Kier molecular flexibility index (Phi) is 4.41. The highest BCUT2D eigenvalue weighted by Gasteiger charge is 2.23. The quantitative estimate of drug-likeness (QED) is 0.565. The molecule has 28 heavy (non-hydrogen) atoms. The number of nitrogen functional groups attached to an aromatic ring is 1. The number of pyridine rings is 1. The number of para-hydroxylation sites is 1. The van der Waals surface area contributed by atoms with Crippen molar-refractivity contribution in [3.05, 3.63) is 66.2 Å². The van der Waals surface area contributed by atoms with Crippen molar-refractivity contribution < 1.29 is 9.32 Å². The third kappa shape index (κ3) is 3.25. The van der Waals surface area contributed by atoms with Crippen LogP contribution in [0.4, 0.5) is 17.3 Å². The molecule has 0 atom stereocenters. The lowest BCUT2D eigenvalue weighted by Gasteiger charge is -2.13. The van der Waals surface area contributed by atoms with Crippen LogP contribution in [0.2, 0.25) is 0 Å². The van der Waals surface area contributed by atoms with Gasteiger partial charge < -0.3 is 20.5 Å². The van der Waals surface area contributed by atoms with Crippen LogP contribution in [0.25, 0.3) is 22.3 Å². The van der Waals surface area contributed by atoms with Crippen molar-refractivity contribution in [2.24, 2.45) is 0 Å². The number of hydrogen-bond donors (Lipinski definition) is 2. The van der Waals surface area contributed by atoms with E-state index in [9.17, 15) is 4.79 Å². The summed E-state index contributed by atoms with van der Waals surface area (Å²) >= 11 is 0. The summed E-state index contributed by atoms with van der Waals surface area (Å²) in [6, 6.07) is 18.9. The molecule has 140 valence electrons. The fourth-order valence-corrected chi connectivity index (χ4v) is 2.93. The fourth-order valence-electron chi connectivity index (χ4n) is 2.93. The van der Waals surface area contributed by atoms with Crippen molar-refractivity contribution in [2.75, 3.05) is 30.0 Å². The second kappa shape index (κ2) is 7.03. The second-order valence-corrected chi connectivity index (χ2v) is 6.56. The molecule has 1 amide bonds. The molecular formula is C21H19N5O2. The highest BCUT2D eigenvalue weighted by molar-refractivity contribution is 6.11. The van der Waals surface area contributed by atoms with E-state index in [0.717, 1.165) is 16.6 Å². The maximum absolute atomic E-state index is 12.8. The average molecular weight is 373 g/mol. The molecule has 2 heterocycles. The smallest absolute Gasteiger partial charge is 0.263 e. The van der Waals surface area contributed by atoms with Crippen molar-refractivity contribution in [1.82, 2.24) is 10.1 Å². The van der Waals surface area contributed by atoms with Gasteiger partial charge in [0.1, 0.15) is 11.3 Å². The Hall–Kier alpha value is -3.87. The van der Waals surface area contributed by atoms with Crippen LogP contribution in [0.1, 0.15) is 10.4 Å². The number of anilines is 3. The summed E-state index contributed by atoms with van der Waals surface area (Å²) in [5, 5.41) is 7.79. The number of carbonyl (C=O) groups excluding carboxylic acids is 1. The van der Waals surface area contributed by atoms with Gasteiger partial charge in [-0.2, -0.15) is 0 Å². The van der Waals surface area contributed by atoms with Crippen molar-refractivity contribution in [2.45, 2.75) is 0 Å². The molecule has 0 spiro atoms. The molecule has 7 heteroatoms. The summed E-state index contributed by atoms with van der Waals surface area (Å²) in [7, 11) is 3.91. The number of carbonyl (C=O) groups is 1. The predicted molar refractivity (Wildman–Crippen MR) is 110 cm³/mol. The van der Waals surface area contributed by atoms with Gasteiger partial charge >= 0.3 is 0 Å². The summed E-state index contributed by atoms with van der Waals surface area (Å²) in [6.45, 7) is 0. The monoisotopic (exact) mass is 373 g/mol. The molecule has 7 nitrogen and oxygen atoms in total. The predicted octanol–water partition coefficient (Wildman–Crippen LogP) is 3.79. The van der Waals surface area contributed by atoms with Crippen molar-refractivity contribution in [3.8, 4) is 11.4 Å². The molecule has 0 radical (unpaired) electrons. The van der Waals surface area contributed by atoms with Crippen LogP contribution >= 0.6 is 0 Å². The number of benzene rings is 2. The molecule has 2 aromatic heterocycles. The maximum atomic E-state index is 12.8. The maximum Gasteiger partial charge on any atom is 0.263 e. The number of rotatable bonds is 4. The Bertz CT molecular complexity index is 1150. The number of nitrogens with zero attached hydrogens (tertiary/aromatic N) is 3. The van der Waals surface area contributed by atoms with Gasteiger partial charge in [-0.05, 0) is 36.4 Å². The molecule has 0 aliphatic heterocycles. The van der Waals surface area contributed by atoms with Gasteiger partial charge in [0.2, 0.25) is 5.88 Å². The van der Waals surface area contributed by atoms with E-state index in [0.29, 0.717) is 17.1 Å². The zero-order valence-electron chi connectivity index (χ0n) is 15.5. The summed E-state index contributed by atoms with van der Waals surface area (Å²) < 4.78 is 5.09. The minimum absolute atomic E-state index is 0.0487. The van der Waals surface area contributed by atoms with Crippen molar-refractivity contribution in [3.63, 3.8) is 0 Å². The molecule has 2 aromatic carbocycles. The molecule has 0 saturated carbocycles. The van der Waals surface area contributed by atoms with Crippen molar-refractivity contribution in [1.29, 1.82) is 0 Å². The van der Waals surface area contributed by atoms with Crippen LogP contribution < -0.4 is 16.0 Å². The minimum atomic E-state index is -0.402. The summed E-state index contributed by atoms with van der Waals surface area (Å²) in [6.07, 6.45) is 0. The summed E-state index contributed by atoms with van der Waals surface area (Å²) in [5.74, 6) is -0.450. The van der Waals surface area contributed by atoms with E-state index in [2.05, 4.69) is 15.5 Å². The SMILES string of the molecule is CN(C)c1ccc(NC(=O)c2c(-c3ccc4ccccc4n3)noc2N)cc1. The molecule has 0 fully saturated rings. The number of fused-ring (bicyclic) bond motifs is 1. The Labute approximate surface area is 161 Å².